The first-order chi connectivity index (χ1) is 9.14. The van der Waals surface area contributed by atoms with E-state index in [2.05, 4.69) is 11.8 Å². The van der Waals surface area contributed by atoms with Gasteiger partial charge in [-0.15, -0.1) is 0 Å². The zero-order chi connectivity index (χ0) is 14.0. The molecule has 0 aliphatic carbocycles. The van der Waals surface area contributed by atoms with Gasteiger partial charge in [0.05, 0.1) is 6.61 Å². The Bertz CT molecular complexity index is 352. The molecular formula is C16H24O3. The molecule has 106 valence electrons. The van der Waals surface area contributed by atoms with Crippen LogP contribution in [0.25, 0.3) is 0 Å². The van der Waals surface area contributed by atoms with Gasteiger partial charge in [-0.05, 0) is 39.2 Å². The van der Waals surface area contributed by atoms with E-state index in [0.717, 1.165) is 25.9 Å². The molecule has 1 aliphatic heterocycles. The minimum atomic E-state index is -1.02. The van der Waals surface area contributed by atoms with Crippen LogP contribution in [0.3, 0.4) is 0 Å². The van der Waals surface area contributed by atoms with Crippen LogP contribution >= 0.6 is 0 Å². The van der Waals surface area contributed by atoms with E-state index in [1.54, 1.807) is 13.0 Å². The lowest BCUT2D eigenvalue weighted by Gasteiger charge is -2.24. The molecule has 3 nitrogen and oxygen atoms in total. The van der Waals surface area contributed by atoms with Crippen molar-refractivity contribution in [1.29, 1.82) is 0 Å². The van der Waals surface area contributed by atoms with E-state index < -0.39 is 5.60 Å². The Morgan fingerprint density at radius 1 is 1.42 bits per heavy atom. The number of hydrogen-bond donors (Lipinski definition) is 1. The highest BCUT2D eigenvalue weighted by Gasteiger charge is 2.19. The molecule has 19 heavy (non-hydrogen) atoms. The van der Waals surface area contributed by atoms with E-state index in [9.17, 15) is 5.11 Å². The summed E-state index contributed by atoms with van der Waals surface area (Å²) >= 11 is 0. The molecule has 0 aromatic carbocycles. The lowest BCUT2D eigenvalue weighted by molar-refractivity contribution is -0.166. The number of allylic oxidation sites excluding steroid dienone is 4. The molecule has 0 amide bonds. The maximum Gasteiger partial charge on any atom is 0.157 e. The van der Waals surface area contributed by atoms with Crippen molar-refractivity contribution in [2.75, 3.05) is 13.2 Å². The van der Waals surface area contributed by atoms with E-state index in [4.69, 9.17) is 9.47 Å². The molecule has 0 saturated carbocycles. The molecule has 0 aromatic rings. The molecule has 3 heteroatoms. The van der Waals surface area contributed by atoms with Gasteiger partial charge in [-0.2, -0.15) is 0 Å². The maximum absolute atomic E-state index is 10.1. The summed E-state index contributed by atoms with van der Waals surface area (Å²) in [5.74, 6) is 5.65. The Labute approximate surface area is 116 Å². The molecular weight excluding hydrogens is 240 g/mol. The molecule has 1 rings (SSSR count). The van der Waals surface area contributed by atoms with Gasteiger partial charge in [0.2, 0.25) is 0 Å². The van der Waals surface area contributed by atoms with Gasteiger partial charge in [-0.3, -0.25) is 0 Å². The predicted molar refractivity (Wildman–Crippen MR) is 76.5 cm³/mol. The summed E-state index contributed by atoms with van der Waals surface area (Å²) in [4.78, 5) is 0. The minimum absolute atomic E-state index is 0.105. The maximum atomic E-state index is 10.1. The standard InChI is InChI=1S/C16H24O3/c1-3-4-5-6-8-11-16(2,17)12-14-19-15-10-7-9-13-18-15/h3-6,15,17H,7,9-10,12-14H2,1-2H3/b4-3+,6-5-. The van der Waals surface area contributed by atoms with Crippen molar-refractivity contribution in [2.24, 2.45) is 0 Å². The van der Waals surface area contributed by atoms with Crippen LogP contribution in [-0.2, 0) is 9.47 Å². The van der Waals surface area contributed by atoms with E-state index in [0.29, 0.717) is 13.0 Å². The van der Waals surface area contributed by atoms with Gasteiger partial charge < -0.3 is 14.6 Å². The van der Waals surface area contributed by atoms with Crippen molar-refractivity contribution >= 4 is 0 Å². The Morgan fingerprint density at radius 3 is 2.95 bits per heavy atom. The lowest BCUT2D eigenvalue weighted by Crippen LogP contribution is -2.28. The number of hydrogen-bond acceptors (Lipinski definition) is 3. The summed E-state index contributed by atoms with van der Waals surface area (Å²) in [6.45, 7) is 4.88. The SMILES string of the molecule is C/C=C/C=C\C#CC(C)(O)CCOC1CCCCO1. The second-order valence-electron chi connectivity index (χ2n) is 4.85. The second-order valence-corrected chi connectivity index (χ2v) is 4.85. The van der Waals surface area contributed by atoms with Crippen LogP contribution in [0.5, 0.6) is 0 Å². The Balaban J connectivity index is 2.25. The van der Waals surface area contributed by atoms with Gasteiger partial charge in [0.1, 0.15) is 5.60 Å². The number of ether oxygens (including phenoxy) is 2. The van der Waals surface area contributed by atoms with E-state index in [1.807, 2.05) is 25.2 Å². The molecule has 1 N–H and O–H groups in total. The molecule has 2 unspecified atom stereocenters. The third-order valence-corrected chi connectivity index (χ3v) is 2.86. The largest absolute Gasteiger partial charge is 0.378 e. The zero-order valence-corrected chi connectivity index (χ0v) is 11.9. The fraction of sp³-hybridized carbons (Fsp3) is 0.625. The predicted octanol–water partition coefficient (Wildman–Crippen LogP) is 2.81. The van der Waals surface area contributed by atoms with Crippen molar-refractivity contribution in [2.45, 2.75) is 51.4 Å². The van der Waals surface area contributed by atoms with Gasteiger partial charge in [0, 0.05) is 13.0 Å². The first-order valence-electron chi connectivity index (χ1n) is 6.90. The second kappa shape index (κ2) is 8.92. The first-order valence-corrected chi connectivity index (χ1v) is 6.90. The van der Waals surface area contributed by atoms with Gasteiger partial charge in [-0.25, -0.2) is 0 Å². The van der Waals surface area contributed by atoms with Crippen molar-refractivity contribution in [1.82, 2.24) is 0 Å². The van der Waals surface area contributed by atoms with Crippen LogP contribution in [-0.4, -0.2) is 30.2 Å². The fourth-order valence-electron chi connectivity index (χ4n) is 1.71. The van der Waals surface area contributed by atoms with Crippen LogP contribution in [0, 0.1) is 11.8 Å². The molecule has 1 heterocycles. The fourth-order valence-corrected chi connectivity index (χ4v) is 1.71. The minimum Gasteiger partial charge on any atom is -0.378 e. The summed E-state index contributed by atoms with van der Waals surface area (Å²) in [7, 11) is 0. The molecule has 0 bridgehead atoms. The lowest BCUT2D eigenvalue weighted by atomic mass is 10.0. The van der Waals surface area contributed by atoms with Gasteiger partial charge in [0.15, 0.2) is 6.29 Å². The highest BCUT2D eigenvalue weighted by atomic mass is 16.7. The summed E-state index contributed by atoms with van der Waals surface area (Å²) in [6.07, 6.45) is 11.0. The highest BCUT2D eigenvalue weighted by Crippen LogP contribution is 2.15. The Hall–Kier alpha value is -1.08. The normalized spacial score (nSPS) is 23.2. The van der Waals surface area contributed by atoms with Gasteiger partial charge in [0.25, 0.3) is 0 Å². The summed E-state index contributed by atoms with van der Waals surface area (Å²) in [6, 6.07) is 0. The van der Waals surface area contributed by atoms with Crippen molar-refractivity contribution in [3.8, 4) is 11.8 Å². The van der Waals surface area contributed by atoms with E-state index in [1.165, 1.54) is 0 Å². The smallest absolute Gasteiger partial charge is 0.157 e. The Morgan fingerprint density at radius 2 is 2.26 bits per heavy atom. The average molecular weight is 264 g/mol. The Kier molecular flexibility index (Phi) is 7.50. The third-order valence-electron chi connectivity index (χ3n) is 2.86. The highest BCUT2D eigenvalue weighted by molar-refractivity contribution is 5.23. The molecule has 1 aliphatic rings. The molecule has 1 fully saturated rings. The van der Waals surface area contributed by atoms with E-state index in [-0.39, 0.29) is 6.29 Å². The van der Waals surface area contributed by atoms with Gasteiger partial charge >= 0.3 is 0 Å². The van der Waals surface area contributed by atoms with Crippen LogP contribution in [0.15, 0.2) is 24.3 Å². The third kappa shape index (κ3) is 7.84. The topological polar surface area (TPSA) is 38.7 Å². The molecule has 1 saturated heterocycles. The average Bonchev–Trinajstić information content (AvgIpc) is 2.39. The molecule has 2 atom stereocenters. The first kappa shape index (κ1) is 16.0. The quantitative estimate of drug-likeness (QED) is 0.613. The molecule has 0 spiro atoms. The molecule has 0 radical (unpaired) electrons. The van der Waals surface area contributed by atoms with Crippen LogP contribution in [0.2, 0.25) is 0 Å². The monoisotopic (exact) mass is 264 g/mol. The van der Waals surface area contributed by atoms with Gasteiger partial charge in [-0.1, -0.05) is 30.1 Å². The van der Waals surface area contributed by atoms with Crippen LogP contribution < -0.4 is 0 Å². The number of rotatable bonds is 5. The zero-order valence-electron chi connectivity index (χ0n) is 11.9. The summed E-state index contributed by atoms with van der Waals surface area (Å²) in [5, 5.41) is 10.1. The number of aliphatic hydroxyl groups is 1. The summed E-state index contributed by atoms with van der Waals surface area (Å²) < 4.78 is 11.0. The van der Waals surface area contributed by atoms with Crippen LogP contribution in [0.1, 0.15) is 39.5 Å². The summed E-state index contributed by atoms with van der Waals surface area (Å²) in [5.41, 5.74) is -1.02. The van der Waals surface area contributed by atoms with Crippen molar-refractivity contribution in [3.05, 3.63) is 24.3 Å². The molecule has 0 aromatic heterocycles. The van der Waals surface area contributed by atoms with Crippen LogP contribution in [0.4, 0.5) is 0 Å². The van der Waals surface area contributed by atoms with Crippen molar-refractivity contribution < 1.29 is 14.6 Å². The van der Waals surface area contributed by atoms with E-state index >= 15 is 0 Å². The van der Waals surface area contributed by atoms with Crippen molar-refractivity contribution in [3.63, 3.8) is 0 Å².